The number of nitrogens with zero attached hydrogens (tertiary/aromatic N) is 1. The van der Waals surface area contributed by atoms with E-state index in [0.717, 1.165) is 10.9 Å². The second-order valence-corrected chi connectivity index (χ2v) is 3.74. The summed E-state index contributed by atoms with van der Waals surface area (Å²) in [6.45, 7) is 0. The van der Waals surface area contributed by atoms with Crippen LogP contribution < -0.4 is 0 Å². The van der Waals surface area contributed by atoms with Crippen molar-refractivity contribution in [1.29, 1.82) is 0 Å². The minimum absolute atomic E-state index is 0.0382. The molecule has 84 valence electrons. The molecule has 0 aliphatic heterocycles. The molecule has 2 heterocycles. The van der Waals surface area contributed by atoms with Gasteiger partial charge >= 0.3 is 0 Å². The van der Waals surface area contributed by atoms with Crippen molar-refractivity contribution in [3.63, 3.8) is 0 Å². The summed E-state index contributed by atoms with van der Waals surface area (Å²) in [7, 11) is 0. The molecule has 2 aromatic heterocycles. The Morgan fingerprint density at radius 1 is 1.06 bits per heavy atom. The SMILES string of the molecule is Fc1cccc(F)c1-c1cc2cnccc2[nH]1. The smallest absolute Gasteiger partial charge is 0.135 e. The largest absolute Gasteiger partial charge is 0.354 e. The van der Waals surface area contributed by atoms with Crippen molar-refractivity contribution in [1.82, 2.24) is 9.97 Å². The Kier molecular flexibility index (Phi) is 2.14. The van der Waals surface area contributed by atoms with Crippen molar-refractivity contribution < 1.29 is 8.78 Å². The van der Waals surface area contributed by atoms with Crippen LogP contribution in [-0.4, -0.2) is 9.97 Å². The highest BCUT2D eigenvalue weighted by Crippen LogP contribution is 2.27. The highest BCUT2D eigenvalue weighted by molar-refractivity contribution is 5.85. The molecule has 4 heteroatoms. The number of benzene rings is 1. The monoisotopic (exact) mass is 230 g/mol. The van der Waals surface area contributed by atoms with E-state index in [4.69, 9.17) is 0 Å². The Hall–Kier alpha value is -2.23. The predicted octanol–water partition coefficient (Wildman–Crippen LogP) is 3.51. The van der Waals surface area contributed by atoms with E-state index in [0.29, 0.717) is 5.69 Å². The van der Waals surface area contributed by atoms with Crippen LogP contribution in [0.1, 0.15) is 0 Å². The minimum Gasteiger partial charge on any atom is -0.354 e. The summed E-state index contributed by atoms with van der Waals surface area (Å²) in [4.78, 5) is 6.93. The number of halogens is 2. The molecule has 0 bridgehead atoms. The van der Waals surface area contributed by atoms with E-state index < -0.39 is 11.6 Å². The Morgan fingerprint density at radius 3 is 2.53 bits per heavy atom. The Balaban J connectivity index is 2.27. The Labute approximate surface area is 95.9 Å². The summed E-state index contributed by atoms with van der Waals surface area (Å²) in [5.74, 6) is -1.16. The van der Waals surface area contributed by atoms with Crippen molar-refractivity contribution in [2.75, 3.05) is 0 Å². The zero-order chi connectivity index (χ0) is 11.8. The van der Waals surface area contributed by atoms with E-state index in [2.05, 4.69) is 9.97 Å². The van der Waals surface area contributed by atoms with Crippen LogP contribution >= 0.6 is 0 Å². The molecule has 0 aliphatic carbocycles. The summed E-state index contributed by atoms with van der Waals surface area (Å²) in [6.07, 6.45) is 3.27. The molecule has 2 nitrogen and oxygen atoms in total. The summed E-state index contributed by atoms with van der Waals surface area (Å²) in [6, 6.07) is 7.27. The molecule has 17 heavy (non-hydrogen) atoms. The molecule has 0 atom stereocenters. The molecular weight excluding hydrogens is 222 g/mol. The van der Waals surface area contributed by atoms with E-state index in [1.54, 1.807) is 24.5 Å². The quantitative estimate of drug-likeness (QED) is 0.680. The van der Waals surface area contributed by atoms with E-state index in [1.807, 2.05) is 0 Å². The van der Waals surface area contributed by atoms with Crippen LogP contribution in [0.25, 0.3) is 22.2 Å². The third-order valence-electron chi connectivity index (χ3n) is 2.65. The molecule has 0 saturated heterocycles. The van der Waals surface area contributed by atoms with Gasteiger partial charge in [0.25, 0.3) is 0 Å². The summed E-state index contributed by atoms with van der Waals surface area (Å²) in [5.41, 5.74) is 1.19. The number of H-pyrrole nitrogens is 1. The van der Waals surface area contributed by atoms with E-state index in [9.17, 15) is 8.78 Å². The van der Waals surface area contributed by atoms with Crippen molar-refractivity contribution in [2.45, 2.75) is 0 Å². The third-order valence-corrected chi connectivity index (χ3v) is 2.65. The lowest BCUT2D eigenvalue weighted by Gasteiger charge is -2.01. The number of fused-ring (bicyclic) bond motifs is 1. The Morgan fingerprint density at radius 2 is 1.82 bits per heavy atom. The van der Waals surface area contributed by atoms with Gasteiger partial charge in [-0.05, 0) is 24.3 Å². The second-order valence-electron chi connectivity index (χ2n) is 3.74. The first-order valence-corrected chi connectivity index (χ1v) is 5.13. The molecule has 1 N–H and O–H groups in total. The number of nitrogens with one attached hydrogen (secondary N) is 1. The molecule has 0 spiro atoms. The van der Waals surface area contributed by atoms with Gasteiger partial charge in [-0.1, -0.05) is 6.07 Å². The molecular formula is C13H8F2N2. The molecule has 0 radical (unpaired) electrons. The highest BCUT2D eigenvalue weighted by Gasteiger charge is 2.12. The first-order chi connectivity index (χ1) is 8.25. The maximum Gasteiger partial charge on any atom is 0.135 e. The van der Waals surface area contributed by atoms with Crippen LogP contribution in [0.15, 0.2) is 42.7 Å². The summed E-state index contributed by atoms with van der Waals surface area (Å²) in [5, 5.41) is 0.824. The minimum atomic E-state index is -0.579. The fourth-order valence-electron chi connectivity index (χ4n) is 1.86. The van der Waals surface area contributed by atoms with Crippen LogP contribution in [0.3, 0.4) is 0 Å². The average Bonchev–Trinajstić information content (AvgIpc) is 2.71. The van der Waals surface area contributed by atoms with Gasteiger partial charge in [-0.3, -0.25) is 4.98 Å². The van der Waals surface area contributed by atoms with Crippen LogP contribution in [0.2, 0.25) is 0 Å². The van der Waals surface area contributed by atoms with Gasteiger partial charge in [-0.2, -0.15) is 0 Å². The van der Waals surface area contributed by atoms with Crippen LogP contribution in [0, 0.1) is 11.6 Å². The zero-order valence-electron chi connectivity index (χ0n) is 8.74. The lowest BCUT2D eigenvalue weighted by molar-refractivity contribution is 0.589. The van der Waals surface area contributed by atoms with Gasteiger partial charge < -0.3 is 4.98 Å². The standard InChI is InChI=1S/C13H8F2N2/c14-9-2-1-3-10(15)13(9)12-6-8-7-16-5-4-11(8)17-12/h1-7,17H. The van der Waals surface area contributed by atoms with Crippen LogP contribution in [-0.2, 0) is 0 Å². The molecule has 0 aliphatic rings. The zero-order valence-corrected chi connectivity index (χ0v) is 8.74. The fraction of sp³-hybridized carbons (Fsp3) is 0. The molecule has 1 aromatic carbocycles. The van der Waals surface area contributed by atoms with Gasteiger partial charge in [0.15, 0.2) is 0 Å². The average molecular weight is 230 g/mol. The predicted molar refractivity (Wildman–Crippen MR) is 61.4 cm³/mol. The van der Waals surface area contributed by atoms with Crippen LogP contribution in [0.5, 0.6) is 0 Å². The van der Waals surface area contributed by atoms with Crippen molar-refractivity contribution in [3.05, 3.63) is 54.4 Å². The lowest BCUT2D eigenvalue weighted by Crippen LogP contribution is -1.89. The molecule has 0 saturated carbocycles. The first kappa shape index (κ1) is 9.96. The number of hydrogen-bond donors (Lipinski definition) is 1. The van der Waals surface area contributed by atoms with Gasteiger partial charge in [-0.25, -0.2) is 8.78 Å². The topological polar surface area (TPSA) is 28.7 Å². The number of aromatic amines is 1. The summed E-state index contributed by atoms with van der Waals surface area (Å²) >= 11 is 0. The second kappa shape index (κ2) is 3.66. The van der Waals surface area contributed by atoms with Gasteiger partial charge in [0.05, 0.1) is 11.3 Å². The normalized spacial score (nSPS) is 10.9. The number of hydrogen-bond acceptors (Lipinski definition) is 1. The van der Waals surface area contributed by atoms with Gasteiger partial charge in [0.1, 0.15) is 11.6 Å². The van der Waals surface area contributed by atoms with E-state index in [1.165, 1.54) is 18.2 Å². The first-order valence-electron chi connectivity index (χ1n) is 5.13. The lowest BCUT2D eigenvalue weighted by atomic mass is 10.1. The Bertz CT molecular complexity index is 635. The van der Waals surface area contributed by atoms with Gasteiger partial charge in [0.2, 0.25) is 0 Å². The van der Waals surface area contributed by atoms with E-state index in [-0.39, 0.29) is 5.56 Å². The van der Waals surface area contributed by atoms with Crippen LogP contribution in [0.4, 0.5) is 8.78 Å². The van der Waals surface area contributed by atoms with Crippen molar-refractivity contribution in [3.8, 4) is 11.3 Å². The number of pyridine rings is 1. The van der Waals surface area contributed by atoms with Crippen molar-refractivity contribution >= 4 is 10.9 Å². The maximum absolute atomic E-state index is 13.6. The maximum atomic E-state index is 13.6. The molecule has 3 aromatic rings. The number of aromatic nitrogens is 2. The summed E-state index contributed by atoms with van der Waals surface area (Å²) < 4.78 is 27.2. The van der Waals surface area contributed by atoms with E-state index >= 15 is 0 Å². The fourth-order valence-corrected chi connectivity index (χ4v) is 1.86. The number of rotatable bonds is 1. The molecule has 0 unspecified atom stereocenters. The molecule has 3 rings (SSSR count). The van der Waals surface area contributed by atoms with Crippen molar-refractivity contribution in [2.24, 2.45) is 0 Å². The third kappa shape index (κ3) is 1.58. The van der Waals surface area contributed by atoms with Gasteiger partial charge in [0, 0.05) is 23.3 Å². The molecule has 0 amide bonds. The highest BCUT2D eigenvalue weighted by atomic mass is 19.1. The molecule has 0 fully saturated rings. The van der Waals surface area contributed by atoms with Gasteiger partial charge in [-0.15, -0.1) is 0 Å².